The SMILES string of the molecule is CCCCN(CCCC)c1cccc(C(=O)OCC)c1. The third-order valence-electron chi connectivity index (χ3n) is 3.29. The van der Waals surface area contributed by atoms with E-state index in [2.05, 4.69) is 24.8 Å². The van der Waals surface area contributed by atoms with Gasteiger partial charge in [0.2, 0.25) is 0 Å². The summed E-state index contributed by atoms with van der Waals surface area (Å²) in [5.41, 5.74) is 1.76. The molecule has 0 radical (unpaired) electrons. The number of esters is 1. The number of ether oxygens (including phenoxy) is 1. The van der Waals surface area contributed by atoms with Gasteiger partial charge in [0, 0.05) is 18.8 Å². The van der Waals surface area contributed by atoms with Crippen LogP contribution in [0.1, 0.15) is 56.8 Å². The van der Waals surface area contributed by atoms with Crippen molar-refractivity contribution in [2.75, 3.05) is 24.6 Å². The monoisotopic (exact) mass is 277 g/mol. The summed E-state index contributed by atoms with van der Waals surface area (Å²) in [4.78, 5) is 14.2. The predicted molar refractivity (Wildman–Crippen MR) is 84.4 cm³/mol. The van der Waals surface area contributed by atoms with Crippen molar-refractivity contribution in [1.82, 2.24) is 0 Å². The highest BCUT2D eigenvalue weighted by molar-refractivity contribution is 5.90. The topological polar surface area (TPSA) is 29.5 Å². The zero-order valence-corrected chi connectivity index (χ0v) is 13.0. The molecule has 0 aliphatic heterocycles. The zero-order chi connectivity index (χ0) is 14.8. The van der Waals surface area contributed by atoms with Gasteiger partial charge in [0.25, 0.3) is 0 Å². The molecule has 0 spiro atoms. The molecule has 0 unspecified atom stereocenters. The minimum absolute atomic E-state index is 0.236. The quantitative estimate of drug-likeness (QED) is 0.631. The second kappa shape index (κ2) is 9.40. The Morgan fingerprint density at radius 2 is 1.75 bits per heavy atom. The standard InChI is InChI=1S/C17H27NO2/c1-4-7-12-18(13-8-5-2)16-11-9-10-15(14-16)17(19)20-6-3/h9-11,14H,4-8,12-13H2,1-3H3. The fourth-order valence-electron chi connectivity index (χ4n) is 2.11. The third kappa shape index (κ3) is 5.24. The van der Waals surface area contributed by atoms with E-state index >= 15 is 0 Å². The molecule has 3 heteroatoms. The van der Waals surface area contributed by atoms with Gasteiger partial charge in [-0.05, 0) is 38.0 Å². The van der Waals surface area contributed by atoms with E-state index in [4.69, 9.17) is 4.74 Å². The maximum atomic E-state index is 11.8. The Balaban J connectivity index is 2.83. The van der Waals surface area contributed by atoms with Crippen LogP contribution in [-0.4, -0.2) is 25.7 Å². The summed E-state index contributed by atoms with van der Waals surface area (Å²) in [5.74, 6) is -0.236. The number of rotatable bonds is 9. The van der Waals surface area contributed by atoms with Gasteiger partial charge in [-0.2, -0.15) is 0 Å². The molecule has 1 rings (SSSR count). The number of benzene rings is 1. The Hall–Kier alpha value is -1.51. The summed E-state index contributed by atoms with van der Waals surface area (Å²) in [7, 11) is 0. The first-order valence-electron chi connectivity index (χ1n) is 7.75. The molecule has 0 saturated heterocycles. The first-order valence-corrected chi connectivity index (χ1v) is 7.75. The molecule has 0 aromatic heterocycles. The normalized spacial score (nSPS) is 10.3. The molecular formula is C17H27NO2. The van der Waals surface area contributed by atoms with E-state index in [0.717, 1.165) is 18.8 Å². The molecule has 112 valence electrons. The lowest BCUT2D eigenvalue weighted by molar-refractivity contribution is 0.0526. The number of unbranched alkanes of at least 4 members (excludes halogenated alkanes) is 2. The van der Waals surface area contributed by atoms with Gasteiger partial charge in [0.15, 0.2) is 0 Å². The van der Waals surface area contributed by atoms with Gasteiger partial charge < -0.3 is 9.64 Å². The summed E-state index contributed by atoms with van der Waals surface area (Å²) in [5, 5.41) is 0. The van der Waals surface area contributed by atoms with E-state index in [1.165, 1.54) is 25.7 Å². The van der Waals surface area contributed by atoms with Crippen molar-refractivity contribution in [2.24, 2.45) is 0 Å². The lowest BCUT2D eigenvalue weighted by atomic mass is 10.1. The van der Waals surface area contributed by atoms with Crippen molar-refractivity contribution in [2.45, 2.75) is 46.5 Å². The maximum Gasteiger partial charge on any atom is 0.338 e. The molecule has 1 aromatic carbocycles. The van der Waals surface area contributed by atoms with Gasteiger partial charge >= 0.3 is 5.97 Å². The molecule has 1 aromatic rings. The average molecular weight is 277 g/mol. The summed E-state index contributed by atoms with van der Waals surface area (Å²) < 4.78 is 5.07. The Morgan fingerprint density at radius 3 is 2.30 bits per heavy atom. The first kappa shape index (κ1) is 16.5. The van der Waals surface area contributed by atoms with Crippen LogP contribution in [0.4, 0.5) is 5.69 Å². The lowest BCUT2D eigenvalue weighted by Crippen LogP contribution is -2.25. The number of nitrogens with zero attached hydrogens (tertiary/aromatic N) is 1. The van der Waals surface area contributed by atoms with E-state index in [9.17, 15) is 4.79 Å². The summed E-state index contributed by atoms with van der Waals surface area (Å²) in [6.45, 7) is 8.74. The molecule has 0 bridgehead atoms. The Labute approximate surface area is 122 Å². The first-order chi connectivity index (χ1) is 9.72. The third-order valence-corrected chi connectivity index (χ3v) is 3.29. The fraction of sp³-hybridized carbons (Fsp3) is 0.588. The summed E-state index contributed by atoms with van der Waals surface area (Å²) >= 11 is 0. The number of hydrogen-bond acceptors (Lipinski definition) is 3. The van der Waals surface area contributed by atoms with Crippen LogP contribution < -0.4 is 4.90 Å². The summed E-state index contributed by atoms with van der Waals surface area (Å²) in [6, 6.07) is 7.78. The number of anilines is 1. The molecule has 0 atom stereocenters. The van der Waals surface area contributed by atoms with Gasteiger partial charge in [-0.25, -0.2) is 4.79 Å². The van der Waals surface area contributed by atoms with Crippen molar-refractivity contribution >= 4 is 11.7 Å². The van der Waals surface area contributed by atoms with E-state index in [0.29, 0.717) is 12.2 Å². The molecule has 0 amide bonds. The molecule has 0 saturated carbocycles. The lowest BCUT2D eigenvalue weighted by Gasteiger charge is -2.25. The smallest absolute Gasteiger partial charge is 0.338 e. The van der Waals surface area contributed by atoms with Crippen LogP contribution in [0.3, 0.4) is 0 Å². The van der Waals surface area contributed by atoms with E-state index in [1.807, 2.05) is 25.1 Å². The van der Waals surface area contributed by atoms with Gasteiger partial charge in [-0.3, -0.25) is 0 Å². The van der Waals surface area contributed by atoms with Gasteiger partial charge in [0.1, 0.15) is 0 Å². The van der Waals surface area contributed by atoms with E-state index in [1.54, 1.807) is 0 Å². The van der Waals surface area contributed by atoms with Crippen LogP contribution in [0.15, 0.2) is 24.3 Å². The minimum Gasteiger partial charge on any atom is -0.462 e. The van der Waals surface area contributed by atoms with E-state index in [-0.39, 0.29) is 5.97 Å². The van der Waals surface area contributed by atoms with Crippen LogP contribution in [0.5, 0.6) is 0 Å². The Morgan fingerprint density at radius 1 is 1.10 bits per heavy atom. The Kier molecular flexibility index (Phi) is 7.78. The van der Waals surface area contributed by atoms with Crippen molar-refractivity contribution in [3.63, 3.8) is 0 Å². The second-order valence-corrected chi connectivity index (χ2v) is 4.96. The van der Waals surface area contributed by atoms with Crippen LogP contribution in [0.25, 0.3) is 0 Å². The van der Waals surface area contributed by atoms with Crippen LogP contribution in [-0.2, 0) is 4.74 Å². The molecule has 0 aliphatic rings. The van der Waals surface area contributed by atoms with Crippen LogP contribution >= 0.6 is 0 Å². The van der Waals surface area contributed by atoms with Crippen molar-refractivity contribution in [3.05, 3.63) is 29.8 Å². The van der Waals surface area contributed by atoms with Crippen molar-refractivity contribution < 1.29 is 9.53 Å². The molecule has 0 aliphatic carbocycles. The van der Waals surface area contributed by atoms with Crippen molar-refractivity contribution in [3.8, 4) is 0 Å². The molecule has 20 heavy (non-hydrogen) atoms. The van der Waals surface area contributed by atoms with Crippen LogP contribution in [0.2, 0.25) is 0 Å². The average Bonchev–Trinajstić information content (AvgIpc) is 2.48. The van der Waals surface area contributed by atoms with Gasteiger partial charge in [-0.1, -0.05) is 32.8 Å². The largest absolute Gasteiger partial charge is 0.462 e. The minimum atomic E-state index is -0.236. The zero-order valence-electron chi connectivity index (χ0n) is 13.0. The van der Waals surface area contributed by atoms with Crippen molar-refractivity contribution in [1.29, 1.82) is 0 Å². The predicted octanol–water partition coefficient (Wildman–Crippen LogP) is 4.27. The highest BCUT2D eigenvalue weighted by atomic mass is 16.5. The fourth-order valence-corrected chi connectivity index (χ4v) is 2.11. The molecule has 0 heterocycles. The maximum absolute atomic E-state index is 11.8. The number of carbonyl (C=O) groups excluding carboxylic acids is 1. The number of carbonyl (C=O) groups is 1. The van der Waals surface area contributed by atoms with Crippen LogP contribution in [0, 0.1) is 0 Å². The van der Waals surface area contributed by atoms with Gasteiger partial charge in [0.05, 0.1) is 12.2 Å². The highest BCUT2D eigenvalue weighted by Gasteiger charge is 2.10. The second-order valence-electron chi connectivity index (χ2n) is 4.96. The highest BCUT2D eigenvalue weighted by Crippen LogP contribution is 2.18. The molecule has 3 nitrogen and oxygen atoms in total. The molecule has 0 N–H and O–H groups in total. The molecular weight excluding hydrogens is 250 g/mol. The molecule has 0 fully saturated rings. The van der Waals surface area contributed by atoms with E-state index < -0.39 is 0 Å². The number of hydrogen-bond donors (Lipinski definition) is 0. The van der Waals surface area contributed by atoms with Gasteiger partial charge in [-0.15, -0.1) is 0 Å². The summed E-state index contributed by atoms with van der Waals surface area (Å²) in [6.07, 6.45) is 4.71. The Bertz CT molecular complexity index is 396.